The first-order valence-electron chi connectivity index (χ1n) is 29.8. The summed E-state index contributed by atoms with van der Waals surface area (Å²) in [6.45, 7) is 4.25. The first-order chi connectivity index (χ1) is 37.6. The molecule has 12 rings (SSSR count). The maximum atomic E-state index is 4.93. The minimum absolute atomic E-state index is 0. The molecule has 0 nitrogen and oxygen atoms in total. The molecule has 0 spiro atoms. The van der Waals surface area contributed by atoms with Gasteiger partial charge < -0.3 is 14.9 Å². The fraction of sp³-hybridized carbons (Fsp3) is 0.413. The van der Waals surface area contributed by atoms with Gasteiger partial charge in [-0.3, -0.25) is 0 Å². The van der Waals surface area contributed by atoms with Gasteiger partial charge in [-0.2, -0.15) is 0 Å². The Morgan fingerprint density at radius 3 is 0.897 bits per heavy atom. The number of hydrogen-bond donors (Lipinski definition) is 0. The second-order valence-electron chi connectivity index (χ2n) is 23.8. The zero-order valence-corrected chi connectivity index (χ0v) is 51.4. The van der Waals surface area contributed by atoms with Crippen molar-refractivity contribution in [2.45, 2.75) is 108 Å². The third-order valence-corrected chi connectivity index (χ3v) is 20.0. The molecule has 8 aliphatic carbocycles. The zero-order chi connectivity index (χ0) is 52.2. The number of fused-ring (bicyclic) bond motifs is 6. The average Bonchev–Trinajstić information content (AvgIpc) is 4.45. The van der Waals surface area contributed by atoms with Crippen molar-refractivity contribution >= 4 is 17.0 Å². The molecule has 0 amide bonds. The Labute approximate surface area is 492 Å². The molecule has 0 aromatic heterocycles. The van der Waals surface area contributed by atoms with Gasteiger partial charge in [0.1, 0.15) is 0 Å². The summed E-state index contributed by atoms with van der Waals surface area (Å²) in [5.74, 6) is 8.23. The van der Waals surface area contributed by atoms with Gasteiger partial charge in [0.15, 0.2) is 0 Å². The van der Waals surface area contributed by atoms with E-state index < -0.39 is 20.8 Å². The summed E-state index contributed by atoms with van der Waals surface area (Å²) in [6, 6.07) is 47.3. The first kappa shape index (κ1) is 60.1. The van der Waals surface area contributed by atoms with Crippen molar-refractivity contribution in [3.8, 4) is 0 Å². The number of allylic oxidation sites excluding steroid dienone is 18. The number of hydrogen-bond acceptors (Lipinski definition) is 0. The SMILES string of the molecule is C1=CC2C3C=CC=CC3C(C(c3ccccc3)(c3ccccc3)C3CCC(CCC/C=C/CCCC4CCC(C(c5ccccc5)(c5ccccc5)C5C6C=CC=CC6C6C=CC=CC65)C4)C3)C2C=C1.CCC.[CH3-].[CH3-].[Cl][Zr+2][Cl]. The fourth-order valence-corrected chi connectivity index (χ4v) is 17.5. The molecule has 4 fully saturated rings. The van der Waals surface area contributed by atoms with Crippen LogP contribution in [0.15, 0.2) is 231 Å². The normalized spacial score (nSPS) is 30.4. The van der Waals surface area contributed by atoms with Crippen molar-refractivity contribution in [1.29, 1.82) is 0 Å². The molecule has 0 bridgehead atoms. The van der Waals surface area contributed by atoms with E-state index in [4.69, 9.17) is 17.0 Å². The Balaban J connectivity index is 0.000000961. The van der Waals surface area contributed by atoms with Crippen molar-refractivity contribution in [3.05, 3.63) is 268 Å². The van der Waals surface area contributed by atoms with Gasteiger partial charge in [-0.1, -0.05) is 277 Å². The van der Waals surface area contributed by atoms with E-state index in [0.717, 1.165) is 11.8 Å². The average molecular weight is 1150 g/mol. The van der Waals surface area contributed by atoms with Crippen molar-refractivity contribution in [2.24, 2.45) is 82.9 Å². The topological polar surface area (TPSA) is 0 Å². The van der Waals surface area contributed by atoms with E-state index in [0.29, 0.717) is 71.0 Å². The van der Waals surface area contributed by atoms with Crippen LogP contribution >= 0.6 is 17.0 Å². The molecule has 12 unspecified atom stereocenters. The van der Waals surface area contributed by atoms with Gasteiger partial charge in [-0.15, -0.1) is 0 Å². The van der Waals surface area contributed by atoms with Crippen LogP contribution in [0.1, 0.15) is 120 Å². The molecule has 0 aliphatic heterocycles. The molecule has 4 saturated carbocycles. The van der Waals surface area contributed by atoms with Crippen molar-refractivity contribution < 1.29 is 20.8 Å². The zero-order valence-electron chi connectivity index (χ0n) is 47.5. The predicted octanol–water partition coefficient (Wildman–Crippen LogP) is 21.1. The van der Waals surface area contributed by atoms with Crippen LogP contribution in [0.3, 0.4) is 0 Å². The standard InChI is InChI=1S/C70H76.C3H8.2CH3.2ClH.Zr/c1(3-9-27-51-45-47-57(49-51)69(53-29-11-5-12-30-53,54-31-13-6-14-32-54)67-63-41-23-19-37-59(63)60-38-20-24-42-64(60)67)2-4-10-28-52-46-48-58(50-52)70(55-33-15-7-16-34-55,56-35-17-8-18-36-56)68-65-43-25-21-39-61(65)62-40-22-26-44-66(62)68;1-3-2;;;;;/h1-2,5-8,11-26,29-44,51-52,57-68H,3-4,9-10,27-28,45-50H2;3H2,1-2H3;2*1H3;2*1H;/q;;2*-1;;;+4/p-2/b2-1+;;;;;;. The summed E-state index contributed by atoms with van der Waals surface area (Å²) in [4.78, 5) is 0. The Morgan fingerprint density at radius 1 is 0.397 bits per heavy atom. The van der Waals surface area contributed by atoms with Crippen LogP contribution in [0, 0.1) is 97.7 Å². The van der Waals surface area contributed by atoms with Crippen LogP contribution < -0.4 is 0 Å². The maximum absolute atomic E-state index is 4.93. The van der Waals surface area contributed by atoms with E-state index in [1.54, 1.807) is 22.3 Å². The summed E-state index contributed by atoms with van der Waals surface area (Å²) >= 11 is -0.826. The molecule has 78 heavy (non-hydrogen) atoms. The number of halogens is 2. The van der Waals surface area contributed by atoms with Gasteiger partial charge in [0.25, 0.3) is 0 Å². The summed E-state index contributed by atoms with van der Waals surface area (Å²) in [7, 11) is 9.87. The van der Waals surface area contributed by atoms with Crippen LogP contribution in [0.5, 0.6) is 0 Å². The van der Waals surface area contributed by atoms with Crippen molar-refractivity contribution in [2.75, 3.05) is 0 Å². The van der Waals surface area contributed by atoms with Crippen LogP contribution in [0.25, 0.3) is 0 Å². The first-order valence-corrected chi connectivity index (χ1v) is 36.2. The number of benzene rings is 4. The van der Waals surface area contributed by atoms with E-state index in [-0.39, 0.29) is 25.7 Å². The van der Waals surface area contributed by atoms with Gasteiger partial charge in [0.05, 0.1) is 0 Å². The van der Waals surface area contributed by atoms with Crippen LogP contribution in [-0.4, -0.2) is 0 Å². The van der Waals surface area contributed by atoms with E-state index in [1.807, 2.05) is 0 Å². The molecule has 0 heterocycles. The van der Waals surface area contributed by atoms with Crippen LogP contribution in [0.4, 0.5) is 0 Å². The van der Waals surface area contributed by atoms with E-state index >= 15 is 0 Å². The Hall–Kier alpha value is -4.00. The minimum atomic E-state index is -0.826. The molecule has 4 aromatic rings. The van der Waals surface area contributed by atoms with E-state index in [9.17, 15) is 0 Å². The summed E-state index contributed by atoms with van der Waals surface area (Å²) in [5, 5.41) is 0. The third-order valence-electron chi connectivity index (χ3n) is 20.0. The molecular weight excluding hydrogens is 1060 g/mol. The van der Waals surface area contributed by atoms with Crippen molar-refractivity contribution in [3.63, 3.8) is 0 Å². The third kappa shape index (κ3) is 12.1. The number of unbranched alkanes of at least 4 members (excludes halogenated alkanes) is 2. The molecule has 12 atom stereocenters. The molecule has 3 heteroatoms. The monoisotopic (exact) mass is 1150 g/mol. The van der Waals surface area contributed by atoms with Gasteiger partial charge in [0.2, 0.25) is 0 Å². The molecule has 408 valence electrons. The second-order valence-corrected chi connectivity index (χ2v) is 27.5. The summed E-state index contributed by atoms with van der Waals surface area (Å²) < 4.78 is 0. The van der Waals surface area contributed by atoms with Gasteiger partial charge in [0, 0.05) is 10.8 Å². The summed E-state index contributed by atoms with van der Waals surface area (Å²) in [5.41, 5.74) is 6.09. The van der Waals surface area contributed by atoms with Gasteiger partial charge in [-0.25, -0.2) is 0 Å². The van der Waals surface area contributed by atoms with E-state index in [1.165, 1.54) is 83.5 Å². The quantitative estimate of drug-likeness (QED) is 0.0596. The molecule has 0 N–H and O–H groups in total. The van der Waals surface area contributed by atoms with Crippen molar-refractivity contribution in [1.82, 2.24) is 0 Å². The van der Waals surface area contributed by atoms with Gasteiger partial charge in [-0.05, 0) is 156 Å². The molecule has 0 radical (unpaired) electrons. The Morgan fingerprint density at radius 2 is 0.641 bits per heavy atom. The van der Waals surface area contributed by atoms with E-state index in [2.05, 4.69) is 245 Å². The Kier molecular flexibility index (Phi) is 22.4. The van der Waals surface area contributed by atoms with Crippen LogP contribution in [0.2, 0.25) is 0 Å². The second kappa shape index (κ2) is 29.1. The molecule has 4 aromatic carbocycles. The summed E-state index contributed by atoms with van der Waals surface area (Å²) in [6.07, 6.45) is 61.4. The number of rotatable bonds is 16. The fourth-order valence-electron chi connectivity index (χ4n) is 17.5. The Bertz CT molecular complexity index is 2370. The molecule has 8 aliphatic rings. The molecular formula is C75H90Cl2Zr. The van der Waals surface area contributed by atoms with Crippen LogP contribution in [-0.2, 0) is 31.7 Å². The predicted molar refractivity (Wildman–Crippen MR) is 334 cm³/mol. The van der Waals surface area contributed by atoms with Gasteiger partial charge >= 0.3 is 37.9 Å². The molecule has 0 saturated heterocycles.